The molecule has 2 aliphatic heterocycles. The second-order valence-electron chi connectivity index (χ2n) is 5.83. The number of hydrogen-bond donors (Lipinski definition) is 1. The van der Waals surface area contributed by atoms with Gasteiger partial charge in [0.2, 0.25) is 5.91 Å². The Morgan fingerprint density at radius 1 is 1.24 bits per heavy atom. The first-order valence-electron chi connectivity index (χ1n) is 7.50. The molecule has 134 valence electrons. The highest BCUT2D eigenvalue weighted by Gasteiger charge is 2.49. The lowest BCUT2D eigenvalue weighted by molar-refractivity contribution is -0.138. The molecule has 0 aliphatic carbocycles. The monoisotopic (exact) mass is 386 g/mol. The molecular weight excluding hydrogens is 371 g/mol. The summed E-state index contributed by atoms with van der Waals surface area (Å²) in [4.78, 5) is 28.1. The Bertz CT molecular complexity index is 838. The number of halogens is 1. The molecule has 2 heterocycles. The van der Waals surface area contributed by atoms with Gasteiger partial charge in [-0.1, -0.05) is 11.8 Å². The van der Waals surface area contributed by atoms with Gasteiger partial charge in [0.15, 0.2) is 15.0 Å². The Hall–Kier alpha value is -1.94. The van der Waals surface area contributed by atoms with Crippen LogP contribution in [0.3, 0.4) is 0 Å². The lowest BCUT2D eigenvalue weighted by Crippen LogP contribution is -2.37. The van der Waals surface area contributed by atoms with Gasteiger partial charge in [-0.15, -0.1) is 0 Å². The van der Waals surface area contributed by atoms with Gasteiger partial charge < -0.3 is 10.0 Å². The number of anilines is 1. The number of hydrogen-bond acceptors (Lipinski definition) is 5. The van der Waals surface area contributed by atoms with Crippen LogP contribution in [0.15, 0.2) is 29.3 Å². The number of amidine groups is 1. The molecule has 0 saturated carbocycles. The van der Waals surface area contributed by atoms with Crippen molar-refractivity contribution in [3.05, 3.63) is 30.1 Å². The van der Waals surface area contributed by atoms with Gasteiger partial charge in [0, 0.05) is 17.4 Å². The molecular formula is C15H15FN2O5S2. The highest BCUT2D eigenvalue weighted by Crippen LogP contribution is 2.41. The largest absolute Gasteiger partial charge is 0.481 e. The van der Waals surface area contributed by atoms with E-state index in [1.807, 2.05) is 0 Å². The zero-order valence-electron chi connectivity index (χ0n) is 13.0. The molecule has 2 fully saturated rings. The lowest BCUT2D eigenvalue weighted by Gasteiger charge is -2.24. The molecule has 10 heteroatoms. The second-order valence-corrected chi connectivity index (χ2v) is 9.19. The van der Waals surface area contributed by atoms with Crippen LogP contribution in [-0.4, -0.2) is 53.4 Å². The molecule has 3 rings (SSSR count). The highest BCUT2D eigenvalue weighted by atomic mass is 32.2. The fourth-order valence-corrected chi connectivity index (χ4v) is 6.78. The van der Waals surface area contributed by atoms with E-state index in [-0.39, 0.29) is 35.6 Å². The predicted octanol–water partition coefficient (Wildman–Crippen LogP) is 1.29. The summed E-state index contributed by atoms with van der Waals surface area (Å²) in [6, 6.07) is 5.12. The van der Waals surface area contributed by atoms with E-state index in [0.29, 0.717) is 10.9 Å². The Morgan fingerprint density at radius 3 is 2.56 bits per heavy atom. The molecule has 1 aromatic carbocycles. The third-order valence-electron chi connectivity index (χ3n) is 3.94. The average molecular weight is 386 g/mol. The molecule has 0 aromatic heterocycles. The van der Waals surface area contributed by atoms with Crippen molar-refractivity contribution in [1.29, 1.82) is 0 Å². The van der Waals surface area contributed by atoms with Gasteiger partial charge in [0.1, 0.15) is 5.82 Å². The van der Waals surface area contributed by atoms with E-state index >= 15 is 0 Å². The Kier molecular flexibility index (Phi) is 4.83. The number of carbonyl (C=O) groups excluding carboxylic acids is 1. The summed E-state index contributed by atoms with van der Waals surface area (Å²) in [7, 11) is -3.18. The first-order valence-corrected chi connectivity index (χ1v) is 10.2. The lowest BCUT2D eigenvalue weighted by atomic mass is 10.2. The van der Waals surface area contributed by atoms with E-state index in [0.717, 1.165) is 0 Å². The maximum absolute atomic E-state index is 13.2. The summed E-state index contributed by atoms with van der Waals surface area (Å²) in [5.41, 5.74) is 0.545. The van der Waals surface area contributed by atoms with E-state index in [4.69, 9.17) is 5.11 Å². The third-order valence-corrected chi connectivity index (χ3v) is 7.15. The van der Waals surface area contributed by atoms with Crippen LogP contribution in [0.5, 0.6) is 0 Å². The minimum Gasteiger partial charge on any atom is -0.481 e. The summed E-state index contributed by atoms with van der Waals surface area (Å²) in [5, 5.41) is 8.71. The topological polar surface area (TPSA) is 104 Å². The summed E-state index contributed by atoms with van der Waals surface area (Å²) in [6.07, 6.45) is -0.553. The van der Waals surface area contributed by atoms with E-state index in [2.05, 4.69) is 4.99 Å². The number of carbonyl (C=O) groups is 2. The summed E-state index contributed by atoms with van der Waals surface area (Å²) in [6.45, 7) is 0. The average Bonchev–Trinajstić information content (AvgIpc) is 2.97. The molecule has 0 bridgehead atoms. The SMILES string of the molecule is O=C(O)CCC(=O)N=C1S[C@@H]2CS(=O)(=O)C[C@H]2N1c1ccc(F)cc1. The summed E-state index contributed by atoms with van der Waals surface area (Å²) in [5.74, 6) is -2.18. The van der Waals surface area contributed by atoms with Crippen LogP contribution in [0, 0.1) is 5.82 Å². The highest BCUT2D eigenvalue weighted by molar-refractivity contribution is 8.16. The molecule has 2 atom stereocenters. The van der Waals surface area contributed by atoms with Gasteiger partial charge in [-0.2, -0.15) is 4.99 Å². The van der Waals surface area contributed by atoms with Crippen LogP contribution in [0.25, 0.3) is 0 Å². The maximum Gasteiger partial charge on any atom is 0.303 e. The second kappa shape index (κ2) is 6.75. The number of benzene rings is 1. The quantitative estimate of drug-likeness (QED) is 0.831. The van der Waals surface area contributed by atoms with E-state index < -0.39 is 27.5 Å². The molecule has 0 radical (unpaired) electrons. The van der Waals surface area contributed by atoms with Crippen molar-refractivity contribution in [3.8, 4) is 0 Å². The number of carboxylic acid groups (broad SMARTS) is 1. The van der Waals surface area contributed by atoms with Gasteiger partial charge >= 0.3 is 5.97 Å². The number of aliphatic carboxylic acids is 1. The van der Waals surface area contributed by atoms with Gasteiger partial charge in [-0.05, 0) is 24.3 Å². The number of carboxylic acids is 1. The zero-order valence-corrected chi connectivity index (χ0v) is 14.6. The number of thioether (sulfide) groups is 1. The van der Waals surface area contributed by atoms with Crippen LogP contribution in [-0.2, 0) is 19.4 Å². The van der Waals surface area contributed by atoms with Gasteiger partial charge in [0.25, 0.3) is 0 Å². The number of sulfone groups is 1. The van der Waals surface area contributed by atoms with Gasteiger partial charge in [0.05, 0.1) is 24.0 Å². The van der Waals surface area contributed by atoms with Crippen molar-refractivity contribution in [3.63, 3.8) is 0 Å². The molecule has 1 N–H and O–H groups in total. The Morgan fingerprint density at radius 2 is 1.92 bits per heavy atom. The van der Waals surface area contributed by atoms with Crippen molar-refractivity contribution in [2.45, 2.75) is 24.1 Å². The number of amides is 1. The fraction of sp³-hybridized carbons (Fsp3) is 0.400. The van der Waals surface area contributed by atoms with Crippen LogP contribution >= 0.6 is 11.8 Å². The first kappa shape index (κ1) is 17.9. The number of nitrogens with zero attached hydrogens (tertiary/aromatic N) is 2. The van der Waals surface area contributed by atoms with Crippen molar-refractivity contribution >= 4 is 44.3 Å². The number of fused-ring (bicyclic) bond motifs is 1. The third kappa shape index (κ3) is 4.01. The van der Waals surface area contributed by atoms with Crippen LogP contribution in [0.1, 0.15) is 12.8 Å². The van der Waals surface area contributed by atoms with Crippen LogP contribution in [0.4, 0.5) is 10.1 Å². The molecule has 2 aliphatic rings. The van der Waals surface area contributed by atoms with Crippen LogP contribution < -0.4 is 4.90 Å². The molecule has 2 saturated heterocycles. The molecule has 7 nitrogen and oxygen atoms in total. The summed E-state index contributed by atoms with van der Waals surface area (Å²) < 4.78 is 37.0. The zero-order chi connectivity index (χ0) is 18.2. The normalized spacial score (nSPS) is 26.0. The van der Waals surface area contributed by atoms with Crippen molar-refractivity contribution < 1.29 is 27.5 Å². The molecule has 0 unspecified atom stereocenters. The van der Waals surface area contributed by atoms with Crippen molar-refractivity contribution in [1.82, 2.24) is 0 Å². The predicted molar refractivity (Wildman–Crippen MR) is 92.0 cm³/mol. The van der Waals surface area contributed by atoms with Crippen LogP contribution in [0.2, 0.25) is 0 Å². The Labute approximate surface area is 147 Å². The standard InChI is InChI=1S/C15H15FN2O5S2/c16-9-1-3-10(4-2-9)18-11-7-25(22,23)8-12(11)24-15(18)17-13(19)5-6-14(20)21/h1-4,11-12H,5-8H2,(H,20,21)/t11-,12-/m1/s1. The molecule has 0 spiro atoms. The van der Waals surface area contributed by atoms with E-state index in [1.54, 1.807) is 4.90 Å². The minimum atomic E-state index is -3.18. The maximum atomic E-state index is 13.2. The first-order chi connectivity index (χ1) is 11.7. The smallest absolute Gasteiger partial charge is 0.303 e. The molecule has 1 aromatic rings. The van der Waals surface area contributed by atoms with Gasteiger partial charge in [-0.25, -0.2) is 12.8 Å². The number of rotatable bonds is 4. The Balaban J connectivity index is 1.90. The number of aliphatic imine (C=N–C) groups is 1. The minimum absolute atomic E-state index is 0.0115. The van der Waals surface area contributed by atoms with E-state index in [9.17, 15) is 22.4 Å². The molecule has 1 amide bonds. The van der Waals surface area contributed by atoms with E-state index in [1.165, 1.54) is 36.0 Å². The molecule has 25 heavy (non-hydrogen) atoms. The van der Waals surface area contributed by atoms with Crippen molar-refractivity contribution in [2.75, 3.05) is 16.4 Å². The fourth-order valence-electron chi connectivity index (χ4n) is 2.84. The van der Waals surface area contributed by atoms with Crippen molar-refractivity contribution in [2.24, 2.45) is 4.99 Å². The van der Waals surface area contributed by atoms with Gasteiger partial charge in [-0.3, -0.25) is 9.59 Å². The summed E-state index contributed by atoms with van der Waals surface area (Å²) >= 11 is 1.19.